The lowest BCUT2D eigenvalue weighted by Gasteiger charge is -2.16. The highest BCUT2D eigenvalue weighted by atomic mass is 35.5. The van der Waals surface area contributed by atoms with Gasteiger partial charge in [-0.25, -0.2) is 0 Å². The van der Waals surface area contributed by atoms with Crippen LogP contribution in [0.15, 0.2) is 18.2 Å². The van der Waals surface area contributed by atoms with Crippen LogP contribution in [0.5, 0.6) is 0 Å². The molecule has 0 bridgehead atoms. The van der Waals surface area contributed by atoms with Crippen LogP contribution < -0.4 is 4.90 Å². The minimum atomic E-state index is 0.119. The highest BCUT2D eigenvalue weighted by Gasteiger charge is 2.27. The molecule has 1 aromatic carbocycles. The molecule has 0 aromatic heterocycles. The Morgan fingerprint density at radius 3 is 2.81 bits per heavy atom. The molecule has 3 nitrogen and oxygen atoms in total. The number of carbonyl (C=O) groups is 1. The maximum atomic E-state index is 11.7. The predicted molar refractivity (Wildman–Crippen MR) is 62.3 cm³/mol. The molecule has 1 amide bonds. The second-order valence-corrected chi connectivity index (χ2v) is 4.50. The van der Waals surface area contributed by atoms with Gasteiger partial charge in [0.15, 0.2) is 0 Å². The molecule has 16 heavy (non-hydrogen) atoms. The van der Waals surface area contributed by atoms with Gasteiger partial charge in [-0.2, -0.15) is 5.26 Å². The van der Waals surface area contributed by atoms with Gasteiger partial charge in [-0.1, -0.05) is 18.5 Å². The molecular formula is C12H11ClN2O. The van der Waals surface area contributed by atoms with Crippen LogP contribution in [0.4, 0.5) is 5.69 Å². The number of benzene rings is 1. The molecule has 82 valence electrons. The summed E-state index contributed by atoms with van der Waals surface area (Å²) in [5, 5.41) is 9.15. The maximum absolute atomic E-state index is 11.7. The topological polar surface area (TPSA) is 44.1 Å². The maximum Gasteiger partial charge on any atom is 0.227 e. The molecule has 1 aromatic rings. The zero-order valence-electron chi connectivity index (χ0n) is 8.90. The molecule has 2 rings (SSSR count). The molecule has 0 aliphatic carbocycles. The van der Waals surface area contributed by atoms with Crippen molar-refractivity contribution in [2.24, 2.45) is 5.92 Å². The van der Waals surface area contributed by atoms with Crippen LogP contribution >= 0.6 is 11.6 Å². The monoisotopic (exact) mass is 234 g/mol. The second-order valence-electron chi connectivity index (χ2n) is 4.09. The van der Waals surface area contributed by atoms with Crippen LogP contribution in [0.2, 0.25) is 5.02 Å². The van der Waals surface area contributed by atoms with Crippen LogP contribution in [0.3, 0.4) is 0 Å². The van der Waals surface area contributed by atoms with Gasteiger partial charge in [0.1, 0.15) is 6.07 Å². The molecule has 1 fully saturated rings. The molecule has 0 radical (unpaired) electrons. The van der Waals surface area contributed by atoms with E-state index in [1.807, 2.05) is 13.0 Å². The Morgan fingerprint density at radius 1 is 1.56 bits per heavy atom. The van der Waals surface area contributed by atoms with Gasteiger partial charge in [-0.3, -0.25) is 4.79 Å². The summed E-state index contributed by atoms with van der Waals surface area (Å²) in [7, 11) is 0. The van der Waals surface area contributed by atoms with Crippen LogP contribution in [0.25, 0.3) is 0 Å². The average Bonchev–Trinajstić information content (AvgIpc) is 2.58. The van der Waals surface area contributed by atoms with Gasteiger partial charge < -0.3 is 4.90 Å². The third kappa shape index (κ3) is 1.89. The standard InChI is InChI=1S/C12H11ClN2O/c1-8-4-12(16)15(7-8)10-3-2-9(6-14)11(13)5-10/h2-3,5,8H,4,7H2,1H3/t8-/m1/s1. The lowest BCUT2D eigenvalue weighted by Crippen LogP contribution is -2.24. The SMILES string of the molecule is C[C@@H]1CC(=O)N(c2ccc(C#N)c(Cl)c2)C1. The Labute approximate surface area is 99.2 Å². The van der Waals surface area contributed by atoms with Gasteiger partial charge in [0.05, 0.1) is 10.6 Å². The molecule has 0 spiro atoms. The Bertz CT molecular complexity index is 478. The first-order valence-corrected chi connectivity index (χ1v) is 5.49. The summed E-state index contributed by atoms with van der Waals surface area (Å²) >= 11 is 5.93. The van der Waals surface area contributed by atoms with Crippen molar-refractivity contribution in [3.8, 4) is 6.07 Å². The number of amides is 1. The van der Waals surface area contributed by atoms with E-state index in [0.29, 0.717) is 22.9 Å². The molecule has 1 heterocycles. The van der Waals surface area contributed by atoms with Crippen LogP contribution in [0.1, 0.15) is 18.9 Å². The Balaban J connectivity index is 2.32. The summed E-state index contributed by atoms with van der Waals surface area (Å²) < 4.78 is 0. The summed E-state index contributed by atoms with van der Waals surface area (Å²) in [5.41, 5.74) is 1.21. The number of hydrogen-bond donors (Lipinski definition) is 0. The number of nitrogens with zero attached hydrogens (tertiary/aromatic N) is 2. The Hall–Kier alpha value is -1.53. The van der Waals surface area contributed by atoms with E-state index in [1.165, 1.54) is 0 Å². The normalized spacial score (nSPS) is 19.9. The minimum absolute atomic E-state index is 0.119. The van der Waals surface area contributed by atoms with Gasteiger partial charge in [0.2, 0.25) is 5.91 Å². The Kier molecular flexibility index (Phi) is 2.84. The van der Waals surface area contributed by atoms with E-state index in [2.05, 4.69) is 0 Å². The summed E-state index contributed by atoms with van der Waals surface area (Å²) in [6.45, 7) is 2.77. The molecule has 4 heteroatoms. The van der Waals surface area contributed by atoms with Crippen molar-refractivity contribution >= 4 is 23.2 Å². The largest absolute Gasteiger partial charge is 0.312 e. The fourth-order valence-corrected chi connectivity index (χ4v) is 2.12. The van der Waals surface area contributed by atoms with Crippen molar-refractivity contribution in [1.82, 2.24) is 0 Å². The lowest BCUT2D eigenvalue weighted by atomic mass is 10.2. The third-order valence-corrected chi connectivity index (χ3v) is 3.02. The highest BCUT2D eigenvalue weighted by Crippen LogP contribution is 2.28. The summed E-state index contributed by atoms with van der Waals surface area (Å²) in [5.74, 6) is 0.496. The van der Waals surface area contributed by atoms with Crippen molar-refractivity contribution in [2.45, 2.75) is 13.3 Å². The zero-order chi connectivity index (χ0) is 11.7. The smallest absolute Gasteiger partial charge is 0.227 e. The second kappa shape index (κ2) is 4.15. The number of hydrogen-bond acceptors (Lipinski definition) is 2. The number of nitriles is 1. The first kappa shape index (κ1) is 11.0. The van der Waals surface area contributed by atoms with Gasteiger partial charge >= 0.3 is 0 Å². The van der Waals surface area contributed by atoms with Crippen molar-refractivity contribution in [2.75, 3.05) is 11.4 Å². The first-order valence-electron chi connectivity index (χ1n) is 5.12. The predicted octanol–water partition coefficient (Wildman–Crippen LogP) is 2.58. The fraction of sp³-hybridized carbons (Fsp3) is 0.333. The highest BCUT2D eigenvalue weighted by molar-refractivity contribution is 6.32. The van der Waals surface area contributed by atoms with Crippen LogP contribution in [0, 0.1) is 17.2 Å². The summed E-state index contributed by atoms with van der Waals surface area (Å²) in [6, 6.07) is 7.09. The van der Waals surface area contributed by atoms with Crippen molar-refractivity contribution in [3.63, 3.8) is 0 Å². The van der Waals surface area contributed by atoms with E-state index in [9.17, 15) is 4.79 Å². The van der Waals surface area contributed by atoms with E-state index in [1.54, 1.807) is 23.1 Å². The van der Waals surface area contributed by atoms with Crippen LogP contribution in [-0.4, -0.2) is 12.5 Å². The first-order chi connectivity index (χ1) is 7.61. The molecule has 1 atom stereocenters. The zero-order valence-corrected chi connectivity index (χ0v) is 9.66. The quantitative estimate of drug-likeness (QED) is 0.750. The Morgan fingerprint density at radius 2 is 2.31 bits per heavy atom. The molecule has 0 unspecified atom stereocenters. The van der Waals surface area contributed by atoms with E-state index in [-0.39, 0.29) is 5.91 Å². The van der Waals surface area contributed by atoms with E-state index in [4.69, 9.17) is 16.9 Å². The third-order valence-electron chi connectivity index (χ3n) is 2.70. The molecule has 0 saturated carbocycles. The van der Waals surface area contributed by atoms with Gasteiger partial charge in [0, 0.05) is 18.7 Å². The lowest BCUT2D eigenvalue weighted by molar-refractivity contribution is -0.117. The van der Waals surface area contributed by atoms with Gasteiger partial charge in [-0.05, 0) is 24.1 Å². The van der Waals surface area contributed by atoms with E-state index >= 15 is 0 Å². The number of anilines is 1. The molecule has 1 aliphatic rings. The molecule has 1 saturated heterocycles. The minimum Gasteiger partial charge on any atom is -0.312 e. The van der Waals surface area contributed by atoms with E-state index < -0.39 is 0 Å². The van der Waals surface area contributed by atoms with Crippen molar-refractivity contribution < 1.29 is 4.79 Å². The fourth-order valence-electron chi connectivity index (χ4n) is 1.90. The van der Waals surface area contributed by atoms with E-state index in [0.717, 1.165) is 12.2 Å². The molecular weight excluding hydrogens is 224 g/mol. The molecule has 1 aliphatic heterocycles. The van der Waals surface area contributed by atoms with Gasteiger partial charge in [0.25, 0.3) is 0 Å². The summed E-state index contributed by atoms with van der Waals surface area (Å²) in [4.78, 5) is 13.4. The number of halogens is 1. The van der Waals surface area contributed by atoms with Crippen LogP contribution in [-0.2, 0) is 4.79 Å². The average molecular weight is 235 g/mol. The van der Waals surface area contributed by atoms with Crippen molar-refractivity contribution in [1.29, 1.82) is 5.26 Å². The van der Waals surface area contributed by atoms with Crippen molar-refractivity contribution in [3.05, 3.63) is 28.8 Å². The van der Waals surface area contributed by atoms with Gasteiger partial charge in [-0.15, -0.1) is 0 Å². The molecule has 0 N–H and O–H groups in total. The summed E-state index contributed by atoms with van der Waals surface area (Å²) in [6.07, 6.45) is 0.581. The number of rotatable bonds is 1. The number of carbonyl (C=O) groups excluding carboxylic acids is 1.